The minimum absolute atomic E-state index is 0.261. The number of unbranched alkanes of at least 4 members (excludes halogenated alkanes) is 2. The summed E-state index contributed by atoms with van der Waals surface area (Å²) in [4.78, 5) is 0. The molecule has 2 nitrogen and oxygen atoms in total. The lowest BCUT2D eigenvalue weighted by Crippen LogP contribution is -1.93. The number of aryl methyl sites for hydroxylation is 2. The van der Waals surface area contributed by atoms with Gasteiger partial charge in [-0.15, -0.1) is 0 Å². The fourth-order valence-electron chi connectivity index (χ4n) is 3.23. The summed E-state index contributed by atoms with van der Waals surface area (Å²) in [6.45, 7) is 4.22. The maximum Gasteiger partial charge on any atom is 0.131 e. The molecule has 3 aromatic carbocycles. The van der Waals surface area contributed by atoms with E-state index < -0.39 is 0 Å². The Bertz CT molecular complexity index is 988. The van der Waals surface area contributed by atoms with Crippen LogP contribution in [0.15, 0.2) is 76.9 Å². The molecular weight excluding hydrogens is 359 g/mol. The molecule has 0 saturated heterocycles. The topological polar surface area (TPSA) is 24.7 Å². The van der Waals surface area contributed by atoms with E-state index >= 15 is 0 Å². The second kappa shape index (κ2) is 10.5. The molecule has 0 aromatic heterocycles. The quantitative estimate of drug-likeness (QED) is 0.226. The van der Waals surface area contributed by atoms with Crippen LogP contribution in [-0.2, 0) is 6.42 Å². The van der Waals surface area contributed by atoms with Crippen molar-refractivity contribution in [2.45, 2.75) is 39.5 Å². The van der Waals surface area contributed by atoms with E-state index in [1.807, 2.05) is 43.3 Å². The normalized spacial score (nSPS) is 11.6. The summed E-state index contributed by atoms with van der Waals surface area (Å²) < 4.78 is 14.5. The van der Waals surface area contributed by atoms with E-state index in [2.05, 4.69) is 35.3 Å². The zero-order chi connectivity index (χ0) is 20.5. The average molecular weight is 387 g/mol. The summed E-state index contributed by atoms with van der Waals surface area (Å²) in [7, 11) is 0. The molecule has 0 N–H and O–H groups in total. The molecule has 0 bridgehead atoms. The fraction of sp³-hybridized carbons (Fsp3) is 0.231. The van der Waals surface area contributed by atoms with E-state index in [1.54, 1.807) is 18.5 Å². The van der Waals surface area contributed by atoms with Crippen LogP contribution in [-0.4, -0.2) is 12.4 Å². The van der Waals surface area contributed by atoms with Crippen molar-refractivity contribution in [3.8, 4) is 11.1 Å². The average Bonchev–Trinajstić information content (AvgIpc) is 2.73. The van der Waals surface area contributed by atoms with Crippen LogP contribution in [0.25, 0.3) is 11.1 Å². The van der Waals surface area contributed by atoms with Crippen molar-refractivity contribution >= 4 is 12.4 Å². The first kappa shape index (κ1) is 20.7. The number of nitrogens with zero attached hydrogens (tertiary/aromatic N) is 2. The SMILES string of the molecule is CCCCCc1ccccc1C=NN=Cc1ccc(-c2ccc(C)cc2)c(F)c1. The summed E-state index contributed by atoms with van der Waals surface area (Å²) in [5, 5.41) is 8.28. The van der Waals surface area contributed by atoms with Gasteiger partial charge >= 0.3 is 0 Å². The second-order valence-electron chi connectivity index (χ2n) is 7.25. The molecule has 0 aliphatic rings. The van der Waals surface area contributed by atoms with Gasteiger partial charge < -0.3 is 0 Å². The summed E-state index contributed by atoms with van der Waals surface area (Å²) in [5.41, 5.74) is 5.67. The Labute approximate surface area is 172 Å². The highest BCUT2D eigenvalue weighted by Crippen LogP contribution is 2.23. The molecule has 0 heterocycles. The Morgan fingerprint density at radius 1 is 0.862 bits per heavy atom. The zero-order valence-electron chi connectivity index (χ0n) is 17.1. The Hall–Kier alpha value is -3.07. The fourth-order valence-corrected chi connectivity index (χ4v) is 3.23. The van der Waals surface area contributed by atoms with Gasteiger partial charge in [0.05, 0.1) is 12.4 Å². The van der Waals surface area contributed by atoms with Crippen molar-refractivity contribution in [2.24, 2.45) is 10.2 Å². The molecule has 0 aliphatic carbocycles. The van der Waals surface area contributed by atoms with Crippen LogP contribution < -0.4 is 0 Å². The van der Waals surface area contributed by atoms with Crippen LogP contribution in [0, 0.1) is 12.7 Å². The van der Waals surface area contributed by atoms with E-state index in [4.69, 9.17) is 0 Å². The molecule has 3 rings (SSSR count). The third-order valence-corrected chi connectivity index (χ3v) is 4.93. The molecule has 3 heteroatoms. The zero-order valence-corrected chi connectivity index (χ0v) is 17.1. The molecular formula is C26H27FN2. The predicted molar refractivity (Wildman–Crippen MR) is 121 cm³/mol. The third-order valence-electron chi connectivity index (χ3n) is 4.93. The Morgan fingerprint density at radius 3 is 2.38 bits per heavy atom. The standard InChI is InChI=1S/C26H27FN2/c1-3-4-5-8-22-9-6-7-10-24(22)19-29-28-18-21-13-16-25(26(27)17-21)23-14-11-20(2)12-15-23/h6-7,9-19H,3-5,8H2,1-2H3. The molecule has 0 radical (unpaired) electrons. The Kier molecular flexibility index (Phi) is 7.46. The van der Waals surface area contributed by atoms with Crippen LogP contribution in [0.4, 0.5) is 4.39 Å². The van der Waals surface area contributed by atoms with Crippen molar-refractivity contribution < 1.29 is 4.39 Å². The molecule has 0 amide bonds. The summed E-state index contributed by atoms with van der Waals surface area (Å²) in [6.07, 6.45) is 8.02. The van der Waals surface area contributed by atoms with Crippen LogP contribution in [0.1, 0.15) is 48.4 Å². The lowest BCUT2D eigenvalue weighted by molar-refractivity contribution is 0.631. The molecule has 0 fully saturated rings. The molecule has 0 atom stereocenters. The molecule has 148 valence electrons. The lowest BCUT2D eigenvalue weighted by Gasteiger charge is -2.05. The van der Waals surface area contributed by atoms with E-state index in [1.165, 1.54) is 30.9 Å². The summed E-state index contributed by atoms with van der Waals surface area (Å²) in [6, 6.07) is 21.2. The van der Waals surface area contributed by atoms with Crippen LogP contribution in [0.5, 0.6) is 0 Å². The predicted octanol–water partition coefficient (Wildman–Crippen LogP) is 6.99. The van der Waals surface area contributed by atoms with Crippen molar-refractivity contribution in [2.75, 3.05) is 0 Å². The van der Waals surface area contributed by atoms with E-state index in [0.717, 1.165) is 23.1 Å². The van der Waals surface area contributed by atoms with Crippen molar-refractivity contribution in [3.63, 3.8) is 0 Å². The molecule has 3 aromatic rings. The number of hydrogen-bond acceptors (Lipinski definition) is 2. The molecule has 0 aliphatic heterocycles. The highest BCUT2D eigenvalue weighted by atomic mass is 19.1. The van der Waals surface area contributed by atoms with Crippen molar-refractivity contribution in [1.82, 2.24) is 0 Å². The first-order valence-corrected chi connectivity index (χ1v) is 10.2. The third kappa shape index (κ3) is 5.95. The van der Waals surface area contributed by atoms with E-state index in [0.29, 0.717) is 11.1 Å². The minimum Gasteiger partial charge on any atom is -0.206 e. The van der Waals surface area contributed by atoms with Gasteiger partial charge in [0.1, 0.15) is 5.82 Å². The van der Waals surface area contributed by atoms with Gasteiger partial charge in [-0.3, -0.25) is 0 Å². The highest BCUT2D eigenvalue weighted by Gasteiger charge is 2.05. The number of halogens is 1. The number of rotatable bonds is 8. The number of benzene rings is 3. The minimum atomic E-state index is -0.261. The van der Waals surface area contributed by atoms with E-state index in [-0.39, 0.29) is 5.82 Å². The van der Waals surface area contributed by atoms with Gasteiger partial charge in [-0.1, -0.05) is 86.0 Å². The number of hydrogen-bond donors (Lipinski definition) is 0. The molecule has 0 spiro atoms. The largest absolute Gasteiger partial charge is 0.206 e. The second-order valence-corrected chi connectivity index (χ2v) is 7.25. The van der Waals surface area contributed by atoms with Gasteiger partial charge in [0, 0.05) is 5.56 Å². The van der Waals surface area contributed by atoms with Crippen LogP contribution in [0.2, 0.25) is 0 Å². The summed E-state index contributed by atoms with van der Waals surface area (Å²) in [5.74, 6) is -0.261. The Balaban J connectivity index is 1.68. The first-order valence-electron chi connectivity index (χ1n) is 10.2. The van der Waals surface area contributed by atoms with Gasteiger partial charge in [-0.25, -0.2) is 4.39 Å². The monoisotopic (exact) mass is 386 g/mol. The van der Waals surface area contributed by atoms with Gasteiger partial charge in [0.25, 0.3) is 0 Å². The smallest absolute Gasteiger partial charge is 0.131 e. The van der Waals surface area contributed by atoms with Gasteiger partial charge in [0.2, 0.25) is 0 Å². The highest BCUT2D eigenvalue weighted by molar-refractivity contribution is 5.84. The van der Waals surface area contributed by atoms with Gasteiger partial charge in [-0.05, 0) is 48.1 Å². The van der Waals surface area contributed by atoms with Crippen molar-refractivity contribution in [1.29, 1.82) is 0 Å². The lowest BCUT2D eigenvalue weighted by atomic mass is 10.0. The van der Waals surface area contributed by atoms with Crippen LogP contribution in [0.3, 0.4) is 0 Å². The van der Waals surface area contributed by atoms with Crippen LogP contribution >= 0.6 is 0 Å². The first-order chi connectivity index (χ1) is 14.2. The molecule has 29 heavy (non-hydrogen) atoms. The van der Waals surface area contributed by atoms with Gasteiger partial charge in [0.15, 0.2) is 0 Å². The van der Waals surface area contributed by atoms with Crippen molar-refractivity contribution in [3.05, 3.63) is 94.8 Å². The molecule has 0 unspecified atom stereocenters. The maximum atomic E-state index is 14.5. The Morgan fingerprint density at radius 2 is 1.62 bits per heavy atom. The molecule has 0 saturated carbocycles. The van der Waals surface area contributed by atoms with Gasteiger partial charge in [-0.2, -0.15) is 10.2 Å². The van der Waals surface area contributed by atoms with E-state index in [9.17, 15) is 4.39 Å². The summed E-state index contributed by atoms with van der Waals surface area (Å²) >= 11 is 0. The maximum absolute atomic E-state index is 14.5.